The number of rotatable bonds is 4. The number of halogens is 1. The minimum atomic E-state index is -0.384. The highest BCUT2D eigenvalue weighted by molar-refractivity contribution is 6.09. The summed E-state index contributed by atoms with van der Waals surface area (Å²) in [7, 11) is 1.34. The number of hydrogen-bond donors (Lipinski definition) is 0. The predicted molar refractivity (Wildman–Crippen MR) is 74.9 cm³/mol. The van der Waals surface area contributed by atoms with Gasteiger partial charge in [-0.1, -0.05) is 0 Å². The summed E-state index contributed by atoms with van der Waals surface area (Å²) >= 11 is 5.21. The van der Waals surface area contributed by atoms with Gasteiger partial charge in [0.25, 0.3) is 0 Å². The molecule has 0 radical (unpaired) electrons. The van der Waals surface area contributed by atoms with E-state index in [-0.39, 0.29) is 5.97 Å². The molecule has 0 bridgehead atoms. The maximum absolute atomic E-state index is 11.3. The van der Waals surface area contributed by atoms with Gasteiger partial charge in [-0.2, -0.15) is 10.2 Å². The van der Waals surface area contributed by atoms with Crippen molar-refractivity contribution < 1.29 is 13.8 Å². The van der Waals surface area contributed by atoms with Crippen LogP contribution in [0.3, 0.4) is 0 Å². The first-order valence-corrected chi connectivity index (χ1v) is 6.02. The Bertz CT molecular complexity index is 609. The lowest BCUT2D eigenvalue weighted by atomic mass is 10.2. The van der Waals surface area contributed by atoms with Gasteiger partial charge in [0.05, 0.1) is 24.0 Å². The number of carbonyl (C=O) groups is 1. The molecule has 2 rings (SSSR count). The molecular weight excluding hydrogens is 280 g/mol. The quantitative estimate of drug-likeness (QED) is 0.618. The fraction of sp³-hybridized carbons (Fsp3) is 0.0714. The number of azo groups is 1. The van der Waals surface area contributed by atoms with E-state index in [9.17, 15) is 4.79 Å². The van der Waals surface area contributed by atoms with E-state index in [1.54, 1.807) is 48.5 Å². The van der Waals surface area contributed by atoms with Crippen LogP contribution in [0.4, 0.5) is 11.4 Å². The Balaban J connectivity index is 2.08. The first-order valence-electron chi connectivity index (χ1n) is 5.71. The monoisotopic (exact) mass is 290 g/mol. The van der Waals surface area contributed by atoms with Crippen LogP contribution in [-0.4, -0.2) is 13.1 Å². The summed E-state index contributed by atoms with van der Waals surface area (Å²) in [5, 5.41) is 8.11. The normalized spacial score (nSPS) is 10.5. The van der Waals surface area contributed by atoms with Crippen LogP contribution in [0, 0.1) is 0 Å². The molecule has 5 nitrogen and oxygen atoms in total. The third-order valence-corrected chi connectivity index (χ3v) is 2.67. The van der Waals surface area contributed by atoms with Gasteiger partial charge in [0.2, 0.25) is 0 Å². The average molecular weight is 291 g/mol. The number of carbonyl (C=O) groups excluding carboxylic acids is 1. The molecule has 6 heteroatoms. The molecule has 0 amide bonds. The molecule has 2 aromatic rings. The fourth-order valence-electron chi connectivity index (χ4n) is 1.46. The molecule has 0 unspecified atom stereocenters. The zero-order valence-corrected chi connectivity index (χ0v) is 11.4. The molecule has 0 heterocycles. The van der Waals surface area contributed by atoms with Crippen LogP contribution in [0.15, 0.2) is 58.8 Å². The predicted octanol–water partition coefficient (Wildman–Crippen LogP) is 4.42. The largest absolute Gasteiger partial charge is 0.465 e. The lowest BCUT2D eigenvalue weighted by Crippen LogP contribution is -1.99. The van der Waals surface area contributed by atoms with Crippen molar-refractivity contribution in [2.24, 2.45) is 10.2 Å². The maximum atomic E-state index is 11.3. The second-order valence-electron chi connectivity index (χ2n) is 3.81. The van der Waals surface area contributed by atoms with Crippen molar-refractivity contribution in [3.05, 3.63) is 54.1 Å². The van der Waals surface area contributed by atoms with Crippen molar-refractivity contribution in [3.63, 3.8) is 0 Å². The molecule has 0 aliphatic rings. The van der Waals surface area contributed by atoms with E-state index < -0.39 is 0 Å². The summed E-state index contributed by atoms with van der Waals surface area (Å²) in [6.45, 7) is 0. The van der Waals surface area contributed by atoms with Crippen LogP contribution >= 0.6 is 11.9 Å². The van der Waals surface area contributed by atoms with Gasteiger partial charge in [-0.25, -0.2) is 4.79 Å². The van der Waals surface area contributed by atoms with Gasteiger partial charge >= 0.3 is 5.97 Å². The van der Waals surface area contributed by atoms with E-state index >= 15 is 0 Å². The number of methoxy groups -OCH3 is 1. The van der Waals surface area contributed by atoms with E-state index in [1.807, 2.05) is 0 Å². The zero-order valence-electron chi connectivity index (χ0n) is 10.6. The lowest BCUT2D eigenvalue weighted by Gasteiger charge is -1.99. The smallest absolute Gasteiger partial charge is 0.337 e. The van der Waals surface area contributed by atoms with Gasteiger partial charge in [0.15, 0.2) is 0 Å². The van der Waals surface area contributed by atoms with Gasteiger partial charge < -0.3 is 9.03 Å². The molecule has 0 aliphatic carbocycles. The van der Waals surface area contributed by atoms with Crippen molar-refractivity contribution >= 4 is 29.2 Å². The van der Waals surface area contributed by atoms with Crippen LogP contribution in [0.5, 0.6) is 5.75 Å². The second kappa shape index (κ2) is 6.68. The second-order valence-corrected chi connectivity index (χ2v) is 3.96. The molecule has 2 aromatic carbocycles. The first kappa shape index (κ1) is 14.0. The summed E-state index contributed by atoms with van der Waals surface area (Å²) < 4.78 is 9.15. The molecule has 0 saturated carbocycles. The highest BCUT2D eigenvalue weighted by atomic mass is 35.5. The lowest BCUT2D eigenvalue weighted by molar-refractivity contribution is 0.0601. The number of benzene rings is 2. The van der Waals surface area contributed by atoms with E-state index in [0.717, 1.165) is 0 Å². The van der Waals surface area contributed by atoms with Gasteiger partial charge in [-0.05, 0) is 48.5 Å². The van der Waals surface area contributed by atoms with Crippen molar-refractivity contribution in [1.82, 2.24) is 0 Å². The van der Waals surface area contributed by atoms with Crippen LogP contribution in [-0.2, 0) is 4.74 Å². The molecule has 0 N–H and O–H groups in total. The molecule has 0 aromatic heterocycles. The summed E-state index contributed by atoms with van der Waals surface area (Å²) in [6, 6.07) is 13.4. The summed E-state index contributed by atoms with van der Waals surface area (Å²) in [5.74, 6) is 0.151. The van der Waals surface area contributed by atoms with Crippen LogP contribution in [0.25, 0.3) is 0 Å². The van der Waals surface area contributed by atoms with Gasteiger partial charge in [0, 0.05) is 0 Å². The van der Waals surface area contributed by atoms with Crippen LogP contribution in [0.2, 0.25) is 0 Å². The topological polar surface area (TPSA) is 60.2 Å². The van der Waals surface area contributed by atoms with Crippen molar-refractivity contribution in [2.75, 3.05) is 7.11 Å². The highest BCUT2D eigenvalue weighted by Gasteiger charge is 2.03. The molecule has 20 heavy (non-hydrogen) atoms. The van der Waals surface area contributed by atoms with E-state index in [2.05, 4.69) is 19.3 Å². The fourth-order valence-corrected chi connectivity index (χ4v) is 1.56. The highest BCUT2D eigenvalue weighted by Crippen LogP contribution is 2.22. The SMILES string of the molecule is COC(=O)c1ccc(N=Nc2ccc(OCl)cc2)cc1. The van der Waals surface area contributed by atoms with Gasteiger partial charge in [0.1, 0.15) is 17.6 Å². The molecule has 0 spiro atoms. The number of nitrogens with zero attached hydrogens (tertiary/aromatic N) is 2. The Labute approximate surface area is 121 Å². The van der Waals surface area contributed by atoms with E-state index in [4.69, 9.17) is 11.9 Å². The third kappa shape index (κ3) is 3.55. The van der Waals surface area contributed by atoms with Crippen molar-refractivity contribution in [1.29, 1.82) is 0 Å². The zero-order chi connectivity index (χ0) is 14.4. The van der Waals surface area contributed by atoms with E-state index in [1.165, 1.54) is 7.11 Å². The average Bonchev–Trinajstić information content (AvgIpc) is 2.53. The third-order valence-electron chi connectivity index (χ3n) is 2.50. The minimum Gasteiger partial charge on any atom is -0.465 e. The standard InChI is InChI=1S/C14H11ClN2O3/c1-19-14(18)10-2-4-11(5-3-10)16-17-12-6-8-13(20-15)9-7-12/h2-9H,1H3. The summed E-state index contributed by atoms with van der Waals surface area (Å²) in [6.07, 6.45) is 0. The molecule has 0 saturated heterocycles. The van der Waals surface area contributed by atoms with Crippen LogP contribution in [0.1, 0.15) is 10.4 Å². The molecule has 0 aliphatic heterocycles. The first-order chi connectivity index (χ1) is 9.72. The Hall–Kier alpha value is -2.40. The molecular formula is C14H11ClN2O3. The van der Waals surface area contributed by atoms with Gasteiger partial charge in [-0.15, -0.1) is 0 Å². The summed E-state index contributed by atoms with van der Waals surface area (Å²) in [4.78, 5) is 11.3. The van der Waals surface area contributed by atoms with Crippen molar-refractivity contribution in [3.8, 4) is 5.75 Å². The van der Waals surface area contributed by atoms with Gasteiger partial charge in [-0.3, -0.25) is 0 Å². The summed E-state index contributed by atoms with van der Waals surface area (Å²) in [5.41, 5.74) is 1.77. The Morgan fingerprint density at radius 3 is 1.90 bits per heavy atom. The van der Waals surface area contributed by atoms with E-state index in [0.29, 0.717) is 22.7 Å². The number of ether oxygens (including phenoxy) is 1. The van der Waals surface area contributed by atoms with Crippen LogP contribution < -0.4 is 4.29 Å². The molecule has 0 atom stereocenters. The minimum absolute atomic E-state index is 0.384. The number of esters is 1. The maximum Gasteiger partial charge on any atom is 0.337 e. The number of hydrogen-bond acceptors (Lipinski definition) is 5. The Morgan fingerprint density at radius 2 is 1.45 bits per heavy atom. The molecule has 102 valence electrons. The Kier molecular flexibility index (Phi) is 4.68. The molecule has 0 fully saturated rings. The van der Waals surface area contributed by atoms with Crippen molar-refractivity contribution in [2.45, 2.75) is 0 Å². The Morgan fingerprint density at radius 1 is 0.950 bits per heavy atom.